The Hall–Kier alpha value is -2.60. The number of para-hydroxylation sites is 1. The first kappa shape index (κ1) is 18.7. The lowest BCUT2D eigenvalue weighted by Gasteiger charge is -2.37. The van der Waals surface area contributed by atoms with E-state index in [-0.39, 0.29) is 29.2 Å². The lowest BCUT2D eigenvalue weighted by Crippen LogP contribution is -2.50. The summed E-state index contributed by atoms with van der Waals surface area (Å²) in [5.74, 6) is -1.03. The molecule has 2 aromatic carbocycles. The summed E-state index contributed by atoms with van der Waals surface area (Å²) < 4.78 is 13.4. The van der Waals surface area contributed by atoms with Crippen LogP contribution in [0.25, 0.3) is 0 Å². The van der Waals surface area contributed by atoms with Gasteiger partial charge in [0, 0.05) is 50.5 Å². The maximum Gasteiger partial charge on any atom is 0.228 e. The Balaban J connectivity index is 1.38. The predicted octanol–water partition coefficient (Wildman–Crippen LogP) is 3.18. The molecular formula is C21H21ClFN3O2. The molecule has 1 atom stereocenters. The minimum absolute atomic E-state index is 0.0109. The van der Waals surface area contributed by atoms with E-state index >= 15 is 0 Å². The second-order valence-electron chi connectivity index (χ2n) is 7.15. The molecular weight excluding hydrogens is 381 g/mol. The fraction of sp³-hybridized carbons (Fsp3) is 0.333. The van der Waals surface area contributed by atoms with Crippen molar-refractivity contribution >= 4 is 34.8 Å². The molecule has 2 aliphatic heterocycles. The van der Waals surface area contributed by atoms with Gasteiger partial charge in [-0.2, -0.15) is 0 Å². The number of rotatable bonds is 3. The van der Waals surface area contributed by atoms with E-state index in [4.69, 9.17) is 11.6 Å². The van der Waals surface area contributed by atoms with Gasteiger partial charge in [-0.25, -0.2) is 4.39 Å². The van der Waals surface area contributed by atoms with Crippen LogP contribution in [0.2, 0.25) is 5.02 Å². The number of nitrogens with zero attached hydrogens (tertiary/aromatic N) is 3. The van der Waals surface area contributed by atoms with Gasteiger partial charge in [-0.1, -0.05) is 29.8 Å². The van der Waals surface area contributed by atoms with E-state index in [0.717, 1.165) is 18.8 Å². The smallest absolute Gasteiger partial charge is 0.228 e. The van der Waals surface area contributed by atoms with Crippen LogP contribution in [0.3, 0.4) is 0 Å². The maximum atomic E-state index is 13.4. The fourth-order valence-electron chi connectivity index (χ4n) is 3.86. The standard InChI is InChI=1S/C21H21ClFN3O2/c22-18-13-17(6-7-19(18)23)26-14-15(12-20(26)27)21(28)25-10-8-24(9-11-25)16-4-2-1-3-5-16/h1-7,13,15H,8-12,14H2/t15-/m1/s1. The Morgan fingerprint density at radius 2 is 1.71 bits per heavy atom. The minimum atomic E-state index is -0.527. The van der Waals surface area contributed by atoms with Crippen LogP contribution in [0.5, 0.6) is 0 Å². The van der Waals surface area contributed by atoms with E-state index in [0.29, 0.717) is 25.3 Å². The second kappa shape index (κ2) is 7.80. The number of benzene rings is 2. The molecule has 2 amide bonds. The zero-order valence-corrected chi connectivity index (χ0v) is 16.1. The first-order valence-corrected chi connectivity index (χ1v) is 9.75. The van der Waals surface area contributed by atoms with Gasteiger partial charge in [0.05, 0.1) is 10.9 Å². The number of halogens is 2. The molecule has 28 heavy (non-hydrogen) atoms. The monoisotopic (exact) mass is 401 g/mol. The van der Waals surface area contributed by atoms with Crippen LogP contribution < -0.4 is 9.80 Å². The number of piperazine rings is 1. The lowest BCUT2D eigenvalue weighted by atomic mass is 10.1. The molecule has 2 aromatic rings. The van der Waals surface area contributed by atoms with Crippen molar-refractivity contribution in [2.75, 3.05) is 42.5 Å². The van der Waals surface area contributed by atoms with Gasteiger partial charge in [0.25, 0.3) is 0 Å². The summed E-state index contributed by atoms with van der Waals surface area (Å²) in [4.78, 5) is 31.0. The predicted molar refractivity (Wildman–Crippen MR) is 107 cm³/mol. The van der Waals surface area contributed by atoms with E-state index in [1.807, 2.05) is 23.1 Å². The third-order valence-electron chi connectivity index (χ3n) is 5.40. The minimum Gasteiger partial charge on any atom is -0.368 e. The van der Waals surface area contributed by atoms with E-state index in [9.17, 15) is 14.0 Å². The fourth-order valence-corrected chi connectivity index (χ4v) is 4.03. The van der Waals surface area contributed by atoms with Crippen molar-refractivity contribution in [3.8, 4) is 0 Å². The molecule has 7 heteroatoms. The molecule has 2 fully saturated rings. The Morgan fingerprint density at radius 1 is 1.00 bits per heavy atom. The maximum absolute atomic E-state index is 13.4. The molecule has 0 N–H and O–H groups in total. The second-order valence-corrected chi connectivity index (χ2v) is 7.56. The van der Waals surface area contributed by atoms with E-state index in [2.05, 4.69) is 17.0 Å². The molecule has 2 aliphatic rings. The number of amides is 2. The average Bonchev–Trinajstić information content (AvgIpc) is 3.12. The number of hydrogen-bond acceptors (Lipinski definition) is 3. The zero-order valence-electron chi connectivity index (χ0n) is 15.4. The van der Waals surface area contributed by atoms with Crippen LogP contribution in [0, 0.1) is 11.7 Å². The summed E-state index contributed by atoms with van der Waals surface area (Å²) in [6.07, 6.45) is 0.173. The molecule has 0 saturated carbocycles. The van der Waals surface area contributed by atoms with Crippen molar-refractivity contribution in [2.24, 2.45) is 5.92 Å². The van der Waals surface area contributed by atoms with Crippen LogP contribution in [-0.2, 0) is 9.59 Å². The lowest BCUT2D eigenvalue weighted by molar-refractivity contribution is -0.136. The SMILES string of the molecule is O=C([C@@H]1CC(=O)N(c2ccc(F)c(Cl)c2)C1)N1CCN(c2ccccc2)CC1. The molecule has 2 heterocycles. The molecule has 146 valence electrons. The van der Waals surface area contributed by atoms with Crippen molar-refractivity contribution in [1.29, 1.82) is 0 Å². The number of hydrogen-bond donors (Lipinski definition) is 0. The molecule has 0 spiro atoms. The van der Waals surface area contributed by atoms with E-state index in [1.54, 1.807) is 0 Å². The quantitative estimate of drug-likeness (QED) is 0.793. The van der Waals surface area contributed by atoms with Crippen LogP contribution in [-0.4, -0.2) is 49.4 Å². The summed E-state index contributed by atoms with van der Waals surface area (Å²) in [6, 6.07) is 14.3. The van der Waals surface area contributed by atoms with Crippen molar-refractivity contribution in [3.05, 3.63) is 59.4 Å². The number of carbonyl (C=O) groups is 2. The number of carbonyl (C=O) groups excluding carboxylic acids is 2. The van der Waals surface area contributed by atoms with Gasteiger partial charge in [-0.05, 0) is 30.3 Å². The van der Waals surface area contributed by atoms with Gasteiger partial charge in [0.15, 0.2) is 0 Å². The van der Waals surface area contributed by atoms with Gasteiger partial charge in [0.1, 0.15) is 5.82 Å². The largest absolute Gasteiger partial charge is 0.368 e. The highest BCUT2D eigenvalue weighted by Crippen LogP contribution is 2.29. The van der Waals surface area contributed by atoms with Crippen LogP contribution in [0.4, 0.5) is 15.8 Å². The van der Waals surface area contributed by atoms with Crippen LogP contribution in [0.15, 0.2) is 48.5 Å². The molecule has 4 rings (SSSR count). The van der Waals surface area contributed by atoms with Crippen LogP contribution >= 0.6 is 11.6 Å². The third-order valence-corrected chi connectivity index (χ3v) is 5.69. The molecule has 0 bridgehead atoms. The summed E-state index contributed by atoms with van der Waals surface area (Å²) in [6.45, 7) is 3.13. The van der Waals surface area contributed by atoms with Gasteiger partial charge in [-0.15, -0.1) is 0 Å². The topological polar surface area (TPSA) is 43.9 Å². The molecule has 0 aromatic heterocycles. The summed E-state index contributed by atoms with van der Waals surface area (Å²) in [5, 5.41) is -0.0305. The first-order valence-electron chi connectivity index (χ1n) is 9.37. The Bertz CT molecular complexity index is 884. The highest BCUT2D eigenvalue weighted by molar-refractivity contribution is 6.31. The molecule has 5 nitrogen and oxygen atoms in total. The van der Waals surface area contributed by atoms with Crippen molar-refractivity contribution < 1.29 is 14.0 Å². The van der Waals surface area contributed by atoms with Crippen molar-refractivity contribution in [1.82, 2.24) is 4.90 Å². The van der Waals surface area contributed by atoms with Crippen molar-refractivity contribution in [2.45, 2.75) is 6.42 Å². The zero-order chi connectivity index (χ0) is 19.7. The Kier molecular flexibility index (Phi) is 5.22. The highest BCUT2D eigenvalue weighted by Gasteiger charge is 2.38. The van der Waals surface area contributed by atoms with Gasteiger partial charge in [-0.3, -0.25) is 9.59 Å². The normalized spacial score (nSPS) is 20.0. The van der Waals surface area contributed by atoms with Gasteiger partial charge < -0.3 is 14.7 Å². The van der Waals surface area contributed by atoms with E-state index in [1.165, 1.54) is 23.1 Å². The molecule has 0 radical (unpaired) electrons. The first-order chi connectivity index (χ1) is 13.5. The summed E-state index contributed by atoms with van der Waals surface area (Å²) in [7, 11) is 0. The molecule has 0 unspecified atom stereocenters. The number of anilines is 2. The van der Waals surface area contributed by atoms with Crippen LogP contribution in [0.1, 0.15) is 6.42 Å². The van der Waals surface area contributed by atoms with Crippen molar-refractivity contribution in [3.63, 3.8) is 0 Å². The van der Waals surface area contributed by atoms with Gasteiger partial charge >= 0.3 is 0 Å². The van der Waals surface area contributed by atoms with E-state index < -0.39 is 5.82 Å². The molecule has 2 saturated heterocycles. The summed E-state index contributed by atoms with van der Waals surface area (Å²) >= 11 is 5.83. The highest BCUT2D eigenvalue weighted by atomic mass is 35.5. The van der Waals surface area contributed by atoms with Gasteiger partial charge in [0.2, 0.25) is 11.8 Å². The Morgan fingerprint density at radius 3 is 2.39 bits per heavy atom. The average molecular weight is 402 g/mol. The summed E-state index contributed by atoms with van der Waals surface area (Å²) in [5.41, 5.74) is 1.69. The third kappa shape index (κ3) is 3.69. The Labute approximate surface area is 168 Å². The molecule has 0 aliphatic carbocycles.